The number of halogens is 2. The van der Waals surface area contributed by atoms with E-state index in [9.17, 15) is 4.39 Å². The third-order valence-electron chi connectivity index (χ3n) is 2.96. The monoisotopic (exact) mass is 355 g/mol. The first-order valence-corrected chi connectivity index (χ1v) is 7.73. The first-order valence-electron chi connectivity index (χ1n) is 6.93. The molecule has 0 amide bonds. The molecule has 0 atom stereocenters. The highest BCUT2D eigenvalue weighted by atomic mass is 79.9. The van der Waals surface area contributed by atoms with Gasteiger partial charge < -0.3 is 14.6 Å². The highest BCUT2D eigenvalue weighted by Gasteiger charge is 2.09. The molecule has 1 aromatic heterocycles. The Hall–Kier alpha value is -1.40. The molecule has 0 saturated heterocycles. The maximum Gasteiger partial charge on any atom is 0.207 e. The van der Waals surface area contributed by atoms with E-state index in [1.54, 1.807) is 12.1 Å². The number of aromatic nitrogens is 2. The number of nitrogens with zero attached hydrogens (tertiary/aromatic N) is 2. The van der Waals surface area contributed by atoms with Crippen LogP contribution in [0.15, 0.2) is 28.9 Å². The van der Waals surface area contributed by atoms with Gasteiger partial charge in [-0.25, -0.2) is 9.37 Å². The summed E-state index contributed by atoms with van der Waals surface area (Å²) in [6, 6.07) is 4.78. The van der Waals surface area contributed by atoms with E-state index in [2.05, 4.69) is 26.2 Å². The Labute approximate surface area is 132 Å². The summed E-state index contributed by atoms with van der Waals surface area (Å²) >= 11 is 3.34. The molecule has 0 aliphatic heterocycles. The number of rotatable bonds is 7. The molecule has 4 nitrogen and oxygen atoms in total. The van der Waals surface area contributed by atoms with Gasteiger partial charge in [0.25, 0.3) is 0 Å². The van der Waals surface area contributed by atoms with Gasteiger partial charge in [0.2, 0.25) is 5.95 Å². The Morgan fingerprint density at radius 1 is 1.43 bits per heavy atom. The molecule has 0 spiro atoms. The van der Waals surface area contributed by atoms with Gasteiger partial charge in [0.15, 0.2) is 0 Å². The minimum absolute atomic E-state index is 0.306. The van der Waals surface area contributed by atoms with Gasteiger partial charge in [0, 0.05) is 30.4 Å². The van der Waals surface area contributed by atoms with Crippen molar-refractivity contribution in [1.82, 2.24) is 9.55 Å². The van der Waals surface area contributed by atoms with Crippen LogP contribution in [0.1, 0.15) is 19.0 Å². The van der Waals surface area contributed by atoms with Gasteiger partial charge in [-0.05, 0) is 38.5 Å². The Kier molecular flexibility index (Phi) is 5.76. The largest absolute Gasteiger partial charge is 0.382 e. The van der Waals surface area contributed by atoms with E-state index >= 15 is 0 Å². The quantitative estimate of drug-likeness (QED) is 0.754. The van der Waals surface area contributed by atoms with Crippen molar-refractivity contribution in [2.24, 2.45) is 0 Å². The fourth-order valence-electron chi connectivity index (χ4n) is 2.01. The lowest BCUT2D eigenvalue weighted by atomic mass is 10.3. The first kappa shape index (κ1) is 16.0. The molecule has 0 radical (unpaired) electrons. The molecule has 114 valence electrons. The smallest absolute Gasteiger partial charge is 0.207 e. The van der Waals surface area contributed by atoms with Crippen LogP contribution in [0.5, 0.6) is 0 Å². The summed E-state index contributed by atoms with van der Waals surface area (Å²) in [7, 11) is 0. The molecule has 21 heavy (non-hydrogen) atoms. The molecule has 6 heteroatoms. The van der Waals surface area contributed by atoms with E-state index in [1.807, 2.05) is 24.6 Å². The standard InChI is InChI=1S/C15H19BrFN3O/c1-3-21-8-4-7-20-10-11(2)18-15(20)19-14-9-12(16)5-6-13(14)17/h5-6,9-10H,3-4,7-8H2,1-2H3,(H,18,19). The topological polar surface area (TPSA) is 39.1 Å². The van der Waals surface area contributed by atoms with E-state index in [1.165, 1.54) is 6.07 Å². The van der Waals surface area contributed by atoms with Crippen molar-refractivity contribution < 1.29 is 9.13 Å². The molecule has 1 heterocycles. The molecular weight excluding hydrogens is 337 g/mol. The number of benzene rings is 1. The fourth-order valence-corrected chi connectivity index (χ4v) is 2.37. The van der Waals surface area contributed by atoms with Crippen LogP contribution in [0.4, 0.5) is 16.0 Å². The van der Waals surface area contributed by atoms with E-state index in [0.717, 1.165) is 29.7 Å². The molecule has 0 aliphatic carbocycles. The normalized spacial score (nSPS) is 10.9. The summed E-state index contributed by atoms with van der Waals surface area (Å²) in [5, 5.41) is 3.05. The summed E-state index contributed by atoms with van der Waals surface area (Å²) in [5.74, 6) is 0.334. The highest BCUT2D eigenvalue weighted by molar-refractivity contribution is 9.10. The van der Waals surface area contributed by atoms with Crippen molar-refractivity contribution in [2.75, 3.05) is 18.5 Å². The number of aryl methyl sites for hydroxylation is 2. The molecule has 0 fully saturated rings. The van der Waals surface area contributed by atoms with E-state index in [4.69, 9.17) is 4.74 Å². The summed E-state index contributed by atoms with van der Waals surface area (Å²) in [4.78, 5) is 4.40. The summed E-state index contributed by atoms with van der Waals surface area (Å²) in [6.45, 7) is 6.10. The molecule has 2 aromatic rings. The number of hydrogen-bond acceptors (Lipinski definition) is 3. The second-order valence-electron chi connectivity index (χ2n) is 4.70. The number of hydrogen-bond donors (Lipinski definition) is 1. The van der Waals surface area contributed by atoms with Gasteiger partial charge in [0.1, 0.15) is 5.82 Å². The fraction of sp³-hybridized carbons (Fsp3) is 0.400. The van der Waals surface area contributed by atoms with Crippen LogP contribution in [-0.4, -0.2) is 22.8 Å². The first-order chi connectivity index (χ1) is 10.1. The van der Waals surface area contributed by atoms with Crippen LogP contribution in [0.3, 0.4) is 0 Å². The maximum absolute atomic E-state index is 13.8. The van der Waals surface area contributed by atoms with Crippen molar-refractivity contribution in [3.05, 3.63) is 40.4 Å². The summed E-state index contributed by atoms with van der Waals surface area (Å²) in [5.41, 5.74) is 1.30. The minimum Gasteiger partial charge on any atom is -0.382 e. The lowest BCUT2D eigenvalue weighted by Gasteiger charge is -2.10. The molecule has 0 aliphatic rings. The van der Waals surface area contributed by atoms with Gasteiger partial charge in [0.05, 0.1) is 11.4 Å². The van der Waals surface area contributed by atoms with Crippen LogP contribution < -0.4 is 5.32 Å². The Balaban J connectivity index is 2.10. The average Bonchev–Trinajstić information content (AvgIpc) is 2.79. The Morgan fingerprint density at radius 3 is 3.00 bits per heavy atom. The highest BCUT2D eigenvalue weighted by Crippen LogP contribution is 2.23. The van der Waals surface area contributed by atoms with Crippen molar-refractivity contribution in [1.29, 1.82) is 0 Å². The van der Waals surface area contributed by atoms with Crippen molar-refractivity contribution in [3.8, 4) is 0 Å². The van der Waals surface area contributed by atoms with Crippen molar-refractivity contribution in [3.63, 3.8) is 0 Å². The van der Waals surface area contributed by atoms with Gasteiger partial charge in [-0.1, -0.05) is 15.9 Å². The number of ether oxygens (including phenoxy) is 1. The van der Waals surface area contributed by atoms with Gasteiger partial charge in [-0.3, -0.25) is 0 Å². The molecule has 1 N–H and O–H groups in total. The van der Waals surface area contributed by atoms with Gasteiger partial charge in [-0.15, -0.1) is 0 Å². The molecule has 2 rings (SSSR count). The zero-order valence-electron chi connectivity index (χ0n) is 12.2. The van der Waals surface area contributed by atoms with E-state index < -0.39 is 0 Å². The molecule has 0 unspecified atom stereocenters. The molecule has 0 saturated carbocycles. The molecule has 1 aromatic carbocycles. The lowest BCUT2D eigenvalue weighted by Crippen LogP contribution is -2.06. The van der Waals surface area contributed by atoms with E-state index in [0.29, 0.717) is 18.2 Å². The predicted molar refractivity (Wildman–Crippen MR) is 85.5 cm³/mol. The number of imidazole rings is 1. The summed E-state index contributed by atoms with van der Waals surface area (Å²) in [6.07, 6.45) is 2.84. The third kappa shape index (κ3) is 4.54. The van der Waals surface area contributed by atoms with Crippen LogP contribution in [-0.2, 0) is 11.3 Å². The SMILES string of the molecule is CCOCCCn1cc(C)nc1Nc1cc(Br)ccc1F. The zero-order valence-corrected chi connectivity index (χ0v) is 13.8. The molecule has 0 bridgehead atoms. The second-order valence-corrected chi connectivity index (χ2v) is 5.61. The molecular formula is C15H19BrFN3O. The van der Waals surface area contributed by atoms with Gasteiger partial charge >= 0.3 is 0 Å². The van der Waals surface area contributed by atoms with Crippen LogP contribution >= 0.6 is 15.9 Å². The lowest BCUT2D eigenvalue weighted by molar-refractivity contribution is 0.142. The number of anilines is 2. The van der Waals surface area contributed by atoms with Crippen molar-refractivity contribution >= 4 is 27.6 Å². The predicted octanol–water partition coefficient (Wildman–Crippen LogP) is 4.26. The minimum atomic E-state index is -0.306. The van der Waals surface area contributed by atoms with Gasteiger partial charge in [-0.2, -0.15) is 0 Å². The van der Waals surface area contributed by atoms with Crippen LogP contribution in [0.2, 0.25) is 0 Å². The third-order valence-corrected chi connectivity index (χ3v) is 3.46. The average molecular weight is 356 g/mol. The van der Waals surface area contributed by atoms with Crippen molar-refractivity contribution in [2.45, 2.75) is 26.8 Å². The zero-order chi connectivity index (χ0) is 15.2. The Bertz CT molecular complexity index is 601. The Morgan fingerprint density at radius 2 is 2.24 bits per heavy atom. The maximum atomic E-state index is 13.8. The summed E-state index contributed by atoms with van der Waals surface area (Å²) < 4.78 is 21.9. The number of nitrogens with one attached hydrogen (secondary N) is 1. The van der Waals surface area contributed by atoms with Crippen LogP contribution in [0, 0.1) is 12.7 Å². The van der Waals surface area contributed by atoms with E-state index in [-0.39, 0.29) is 5.82 Å². The second kappa shape index (κ2) is 7.56. The van der Waals surface area contributed by atoms with Crippen LogP contribution in [0.25, 0.3) is 0 Å².